The van der Waals surface area contributed by atoms with Crippen LogP contribution in [-0.4, -0.2) is 14.6 Å². The van der Waals surface area contributed by atoms with Gasteiger partial charge in [-0.15, -0.1) is 10.2 Å². The summed E-state index contributed by atoms with van der Waals surface area (Å²) in [7, 11) is 0. The number of rotatable bonds is 3. The summed E-state index contributed by atoms with van der Waals surface area (Å²) in [6, 6.07) is 10.3. The summed E-state index contributed by atoms with van der Waals surface area (Å²) in [5.41, 5.74) is 9.67. The fourth-order valence-corrected chi connectivity index (χ4v) is 2.73. The zero-order chi connectivity index (χ0) is 15.7. The molecule has 0 aliphatic carbocycles. The number of anilines is 1. The van der Waals surface area contributed by atoms with Gasteiger partial charge in [-0.2, -0.15) is 0 Å². The molecule has 0 aliphatic heterocycles. The van der Waals surface area contributed by atoms with Gasteiger partial charge < -0.3 is 5.73 Å². The summed E-state index contributed by atoms with van der Waals surface area (Å²) < 4.78 is 2.77. The second-order valence-corrected chi connectivity index (χ2v) is 6.44. The van der Waals surface area contributed by atoms with E-state index >= 15 is 0 Å². The van der Waals surface area contributed by atoms with E-state index in [2.05, 4.69) is 64.2 Å². The van der Waals surface area contributed by atoms with Crippen LogP contribution in [0.15, 0.2) is 41.0 Å². The number of halogens is 1. The van der Waals surface area contributed by atoms with Crippen LogP contribution < -0.4 is 5.73 Å². The molecule has 0 aliphatic rings. The molecule has 0 atom stereocenters. The second-order valence-electron chi connectivity index (χ2n) is 5.52. The Bertz CT molecular complexity index is 832. The van der Waals surface area contributed by atoms with Crippen molar-refractivity contribution in [2.24, 2.45) is 0 Å². The van der Waals surface area contributed by atoms with E-state index in [-0.39, 0.29) is 0 Å². The van der Waals surface area contributed by atoms with Gasteiger partial charge in [-0.3, -0.25) is 4.40 Å². The predicted octanol–water partition coefficient (Wildman–Crippen LogP) is 4.37. The van der Waals surface area contributed by atoms with Gasteiger partial charge >= 0.3 is 0 Å². The molecule has 0 unspecified atom stereocenters. The molecule has 0 radical (unpaired) electrons. The highest BCUT2D eigenvalue weighted by molar-refractivity contribution is 9.10. The van der Waals surface area contributed by atoms with Crippen molar-refractivity contribution >= 4 is 39.4 Å². The smallest absolute Gasteiger partial charge is 0.184 e. The maximum atomic E-state index is 5.95. The van der Waals surface area contributed by atoms with Crippen molar-refractivity contribution in [2.75, 3.05) is 5.73 Å². The van der Waals surface area contributed by atoms with Crippen molar-refractivity contribution < 1.29 is 0 Å². The molecule has 2 heterocycles. The molecule has 1 aromatic carbocycles. The number of nitrogen functional groups attached to an aromatic ring is 1. The van der Waals surface area contributed by atoms with Gasteiger partial charge in [0.2, 0.25) is 0 Å². The number of aromatic nitrogens is 3. The molecule has 3 rings (SSSR count). The Morgan fingerprint density at radius 3 is 2.55 bits per heavy atom. The Balaban J connectivity index is 1.92. The number of nitrogens with zero attached hydrogens (tertiary/aromatic N) is 3. The number of hydrogen-bond acceptors (Lipinski definition) is 3. The number of nitrogens with two attached hydrogens (primary N) is 1. The minimum atomic E-state index is 0.541. The average Bonchev–Trinajstić information content (AvgIpc) is 2.89. The SMILES string of the molecule is CC(C)c1ccc(/C=C/c2nnc3c(N)cc(Br)cn23)cc1. The lowest BCUT2D eigenvalue weighted by molar-refractivity contribution is 0.866. The number of fused-ring (bicyclic) bond motifs is 1. The Morgan fingerprint density at radius 2 is 1.86 bits per heavy atom. The Morgan fingerprint density at radius 1 is 1.14 bits per heavy atom. The van der Waals surface area contributed by atoms with Crippen molar-refractivity contribution in [1.82, 2.24) is 14.6 Å². The van der Waals surface area contributed by atoms with Crippen LogP contribution in [0, 0.1) is 0 Å². The molecule has 0 fully saturated rings. The lowest BCUT2D eigenvalue weighted by atomic mass is 10.0. The molecular formula is C17H17BrN4. The summed E-state index contributed by atoms with van der Waals surface area (Å²) in [5.74, 6) is 1.29. The van der Waals surface area contributed by atoms with Crippen LogP contribution in [0.3, 0.4) is 0 Å². The molecule has 112 valence electrons. The van der Waals surface area contributed by atoms with Crippen LogP contribution >= 0.6 is 15.9 Å². The first kappa shape index (κ1) is 14.8. The Hall–Kier alpha value is -2.14. The van der Waals surface area contributed by atoms with Gasteiger partial charge in [-0.05, 0) is 45.1 Å². The van der Waals surface area contributed by atoms with E-state index in [9.17, 15) is 0 Å². The molecule has 0 bridgehead atoms. The monoisotopic (exact) mass is 356 g/mol. The maximum absolute atomic E-state index is 5.95. The van der Waals surface area contributed by atoms with Gasteiger partial charge in [0.1, 0.15) is 0 Å². The summed E-state index contributed by atoms with van der Waals surface area (Å²) in [6.07, 6.45) is 5.88. The molecule has 0 saturated carbocycles. The second kappa shape index (κ2) is 5.93. The van der Waals surface area contributed by atoms with E-state index in [1.54, 1.807) is 0 Å². The quantitative estimate of drug-likeness (QED) is 0.757. The van der Waals surface area contributed by atoms with Crippen molar-refractivity contribution in [3.05, 3.63) is 58.0 Å². The van der Waals surface area contributed by atoms with Crippen molar-refractivity contribution in [3.63, 3.8) is 0 Å². The molecule has 0 amide bonds. The maximum Gasteiger partial charge on any atom is 0.184 e. The van der Waals surface area contributed by atoms with Gasteiger partial charge in [-0.1, -0.05) is 44.2 Å². The van der Waals surface area contributed by atoms with E-state index in [1.807, 2.05) is 28.8 Å². The Kier molecular flexibility index (Phi) is 3.98. The lowest BCUT2D eigenvalue weighted by Crippen LogP contribution is -1.94. The molecule has 22 heavy (non-hydrogen) atoms. The molecule has 4 nitrogen and oxygen atoms in total. The van der Waals surface area contributed by atoms with Crippen LogP contribution in [-0.2, 0) is 0 Å². The van der Waals surface area contributed by atoms with Gasteiger partial charge in [-0.25, -0.2) is 0 Å². The standard InChI is InChI=1S/C17H17BrN4/c1-11(2)13-6-3-12(4-7-13)5-8-16-20-21-17-15(19)9-14(18)10-22(16)17/h3-11H,19H2,1-2H3/b8-5+. The molecule has 2 N–H and O–H groups in total. The number of benzene rings is 1. The summed E-state index contributed by atoms with van der Waals surface area (Å²) in [5, 5.41) is 8.31. The van der Waals surface area contributed by atoms with Crippen LogP contribution in [0.1, 0.15) is 36.7 Å². The van der Waals surface area contributed by atoms with Gasteiger partial charge in [0.25, 0.3) is 0 Å². The fourth-order valence-electron chi connectivity index (χ4n) is 2.28. The highest BCUT2D eigenvalue weighted by Crippen LogP contribution is 2.20. The topological polar surface area (TPSA) is 56.2 Å². The summed E-state index contributed by atoms with van der Waals surface area (Å²) in [6.45, 7) is 4.38. The van der Waals surface area contributed by atoms with Crippen LogP contribution in [0.25, 0.3) is 17.8 Å². The predicted molar refractivity (Wildman–Crippen MR) is 94.6 cm³/mol. The molecule has 5 heteroatoms. The zero-order valence-corrected chi connectivity index (χ0v) is 14.1. The molecule has 0 saturated heterocycles. The van der Waals surface area contributed by atoms with Gasteiger partial charge in [0.15, 0.2) is 11.5 Å². The number of pyridine rings is 1. The first-order chi connectivity index (χ1) is 10.5. The Labute approximate surface area is 137 Å². The van der Waals surface area contributed by atoms with E-state index in [4.69, 9.17) is 5.73 Å². The average molecular weight is 357 g/mol. The minimum Gasteiger partial charge on any atom is -0.396 e. The third-order valence-corrected chi connectivity index (χ3v) is 3.99. The lowest BCUT2D eigenvalue weighted by Gasteiger charge is -2.04. The highest BCUT2D eigenvalue weighted by Gasteiger charge is 2.06. The van der Waals surface area contributed by atoms with Gasteiger partial charge in [0.05, 0.1) is 5.69 Å². The zero-order valence-electron chi connectivity index (χ0n) is 12.5. The van der Waals surface area contributed by atoms with E-state index in [0.717, 1.165) is 15.9 Å². The summed E-state index contributed by atoms with van der Waals surface area (Å²) >= 11 is 3.44. The minimum absolute atomic E-state index is 0.541. The largest absolute Gasteiger partial charge is 0.396 e. The number of hydrogen-bond donors (Lipinski definition) is 1. The van der Waals surface area contributed by atoms with E-state index < -0.39 is 0 Å². The molecular weight excluding hydrogens is 340 g/mol. The highest BCUT2D eigenvalue weighted by atomic mass is 79.9. The third-order valence-electron chi connectivity index (χ3n) is 3.55. The van der Waals surface area contributed by atoms with Gasteiger partial charge in [0, 0.05) is 10.7 Å². The first-order valence-electron chi connectivity index (χ1n) is 7.12. The van der Waals surface area contributed by atoms with Crippen LogP contribution in [0.4, 0.5) is 5.69 Å². The normalized spacial score (nSPS) is 11.8. The summed E-state index contributed by atoms with van der Waals surface area (Å²) in [4.78, 5) is 0. The molecule has 3 aromatic rings. The van der Waals surface area contributed by atoms with Crippen LogP contribution in [0.2, 0.25) is 0 Å². The van der Waals surface area contributed by atoms with Crippen LogP contribution in [0.5, 0.6) is 0 Å². The van der Waals surface area contributed by atoms with Crippen molar-refractivity contribution in [2.45, 2.75) is 19.8 Å². The fraction of sp³-hybridized carbons (Fsp3) is 0.176. The first-order valence-corrected chi connectivity index (χ1v) is 7.91. The molecule has 2 aromatic heterocycles. The van der Waals surface area contributed by atoms with E-state index in [0.29, 0.717) is 17.3 Å². The third kappa shape index (κ3) is 2.90. The van der Waals surface area contributed by atoms with Crippen molar-refractivity contribution in [1.29, 1.82) is 0 Å². The van der Waals surface area contributed by atoms with E-state index in [1.165, 1.54) is 5.56 Å². The molecule has 0 spiro atoms. The van der Waals surface area contributed by atoms with Crippen molar-refractivity contribution in [3.8, 4) is 0 Å².